The Morgan fingerprint density at radius 2 is 2.09 bits per heavy atom. The van der Waals surface area contributed by atoms with Crippen molar-refractivity contribution in [1.29, 1.82) is 0 Å². The predicted octanol–water partition coefficient (Wildman–Crippen LogP) is 1.25. The fourth-order valence-electron chi connectivity index (χ4n) is 1.04. The van der Waals surface area contributed by atoms with Crippen LogP contribution >= 0.6 is 0 Å². The Morgan fingerprint density at radius 3 is 2.45 bits per heavy atom. The van der Waals surface area contributed by atoms with Crippen LogP contribution in [0.5, 0.6) is 0 Å². The highest BCUT2D eigenvalue weighted by Gasteiger charge is 2.19. The molecule has 0 bridgehead atoms. The van der Waals surface area contributed by atoms with Crippen molar-refractivity contribution < 1.29 is 4.79 Å². The first-order chi connectivity index (χ1) is 5.18. The molecule has 0 aromatic rings. The third kappa shape index (κ3) is 2.78. The minimum Gasteiger partial charge on any atom is -0.336 e. The molecular formula is C8H16N2O. The maximum absolute atomic E-state index is 11.0. The molecule has 0 heterocycles. The van der Waals surface area contributed by atoms with Crippen molar-refractivity contribution in [2.24, 2.45) is 0 Å². The molecule has 3 nitrogen and oxygen atoms in total. The molecule has 0 aromatic carbocycles. The van der Waals surface area contributed by atoms with Crippen molar-refractivity contribution in [2.75, 3.05) is 0 Å². The van der Waals surface area contributed by atoms with Crippen LogP contribution in [0.2, 0.25) is 0 Å². The molecule has 0 radical (unpaired) electrons. The van der Waals surface area contributed by atoms with Crippen molar-refractivity contribution in [3.63, 3.8) is 0 Å². The van der Waals surface area contributed by atoms with Gasteiger partial charge in [0.05, 0.1) is 0 Å². The second-order valence-corrected chi connectivity index (χ2v) is 3.40. The molecule has 0 atom stereocenters. The number of rotatable bonds is 2. The summed E-state index contributed by atoms with van der Waals surface area (Å²) in [4.78, 5) is 11.0. The molecule has 2 amide bonds. The van der Waals surface area contributed by atoms with Crippen molar-refractivity contribution in [3.8, 4) is 0 Å². The van der Waals surface area contributed by atoms with E-state index in [0.29, 0.717) is 6.04 Å². The zero-order chi connectivity index (χ0) is 8.27. The summed E-state index contributed by atoms with van der Waals surface area (Å²) < 4.78 is 0. The van der Waals surface area contributed by atoms with Gasteiger partial charge in [0.1, 0.15) is 0 Å². The van der Waals surface area contributed by atoms with Gasteiger partial charge in [0, 0.05) is 12.1 Å². The van der Waals surface area contributed by atoms with Gasteiger partial charge >= 0.3 is 6.03 Å². The van der Waals surface area contributed by atoms with E-state index in [1.165, 1.54) is 6.42 Å². The van der Waals surface area contributed by atoms with Crippen molar-refractivity contribution in [3.05, 3.63) is 0 Å². The summed E-state index contributed by atoms with van der Waals surface area (Å²) in [6, 6.07) is 0.647. The van der Waals surface area contributed by atoms with Crippen LogP contribution in [0.1, 0.15) is 33.1 Å². The van der Waals surface area contributed by atoms with Gasteiger partial charge in [0.2, 0.25) is 0 Å². The van der Waals surface area contributed by atoms with Gasteiger partial charge in [-0.15, -0.1) is 0 Å². The van der Waals surface area contributed by atoms with Crippen molar-refractivity contribution in [1.82, 2.24) is 10.6 Å². The zero-order valence-corrected chi connectivity index (χ0v) is 7.18. The first-order valence-electron chi connectivity index (χ1n) is 4.25. The number of urea groups is 1. The maximum atomic E-state index is 11.0. The fraction of sp³-hybridized carbons (Fsp3) is 0.875. The molecule has 3 heteroatoms. The van der Waals surface area contributed by atoms with Crippen LogP contribution in [0, 0.1) is 0 Å². The standard InChI is InChI=1S/C8H16N2O/c1-6(2)9-8(11)10-7-4-3-5-7/h6-7H,3-5H2,1-2H3,(H2,9,10,11). The second-order valence-electron chi connectivity index (χ2n) is 3.40. The molecule has 0 spiro atoms. The van der Waals surface area contributed by atoms with E-state index in [-0.39, 0.29) is 12.1 Å². The lowest BCUT2D eigenvalue weighted by atomic mass is 9.93. The molecule has 0 aromatic heterocycles. The van der Waals surface area contributed by atoms with Crippen LogP contribution in [-0.4, -0.2) is 18.1 Å². The summed E-state index contributed by atoms with van der Waals surface area (Å²) in [6.07, 6.45) is 3.55. The Labute approximate surface area is 67.5 Å². The number of hydrogen-bond acceptors (Lipinski definition) is 1. The Hall–Kier alpha value is -0.730. The van der Waals surface area contributed by atoms with Crippen molar-refractivity contribution in [2.45, 2.75) is 45.2 Å². The van der Waals surface area contributed by atoms with Gasteiger partial charge in [-0.2, -0.15) is 0 Å². The molecule has 0 unspecified atom stereocenters. The molecule has 1 saturated carbocycles. The lowest BCUT2D eigenvalue weighted by Gasteiger charge is -2.26. The van der Waals surface area contributed by atoms with Crippen LogP contribution in [0.3, 0.4) is 0 Å². The highest BCUT2D eigenvalue weighted by Crippen LogP contribution is 2.17. The fourth-order valence-corrected chi connectivity index (χ4v) is 1.04. The van der Waals surface area contributed by atoms with Gasteiger partial charge in [0.25, 0.3) is 0 Å². The molecule has 0 aliphatic heterocycles. The molecule has 1 aliphatic rings. The number of nitrogens with one attached hydrogen (secondary N) is 2. The average Bonchev–Trinajstić information content (AvgIpc) is 1.77. The number of carbonyl (C=O) groups excluding carboxylic acids is 1. The summed E-state index contributed by atoms with van der Waals surface area (Å²) in [5.41, 5.74) is 0. The van der Waals surface area contributed by atoms with E-state index in [4.69, 9.17) is 0 Å². The second kappa shape index (κ2) is 3.60. The van der Waals surface area contributed by atoms with E-state index < -0.39 is 0 Å². The maximum Gasteiger partial charge on any atom is 0.315 e. The smallest absolute Gasteiger partial charge is 0.315 e. The van der Waals surface area contributed by atoms with Crippen LogP contribution in [0.15, 0.2) is 0 Å². The monoisotopic (exact) mass is 156 g/mol. The summed E-state index contributed by atoms with van der Waals surface area (Å²) >= 11 is 0. The normalized spacial score (nSPS) is 17.7. The molecule has 0 saturated heterocycles. The summed E-state index contributed by atoms with van der Waals surface area (Å²) in [5, 5.41) is 5.69. The molecule has 64 valence electrons. The van der Waals surface area contributed by atoms with Crippen LogP contribution in [0.4, 0.5) is 4.79 Å². The van der Waals surface area contributed by atoms with Crippen LogP contribution in [-0.2, 0) is 0 Å². The molecule has 2 N–H and O–H groups in total. The van der Waals surface area contributed by atoms with Gasteiger partial charge in [-0.05, 0) is 33.1 Å². The first kappa shape index (κ1) is 8.37. The Kier molecular flexibility index (Phi) is 2.74. The summed E-state index contributed by atoms with van der Waals surface area (Å²) in [5.74, 6) is 0. The van der Waals surface area contributed by atoms with Gasteiger partial charge in [-0.3, -0.25) is 0 Å². The number of amides is 2. The highest BCUT2D eigenvalue weighted by molar-refractivity contribution is 5.74. The SMILES string of the molecule is CC(C)NC(=O)NC1CCC1. The third-order valence-corrected chi connectivity index (χ3v) is 1.86. The molecule has 1 aliphatic carbocycles. The lowest BCUT2D eigenvalue weighted by molar-refractivity contribution is 0.226. The van der Waals surface area contributed by atoms with Gasteiger partial charge in [-0.1, -0.05) is 0 Å². The van der Waals surface area contributed by atoms with E-state index in [1.54, 1.807) is 0 Å². The highest BCUT2D eigenvalue weighted by atomic mass is 16.2. The largest absolute Gasteiger partial charge is 0.336 e. The minimum absolute atomic E-state index is 0.0234. The number of hydrogen-bond donors (Lipinski definition) is 2. The topological polar surface area (TPSA) is 41.1 Å². The quantitative estimate of drug-likeness (QED) is 0.620. The lowest BCUT2D eigenvalue weighted by Crippen LogP contribution is -2.47. The zero-order valence-electron chi connectivity index (χ0n) is 7.18. The average molecular weight is 156 g/mol. The van der Waals surface area contributed by atoms with Crippen LogP contribution in [0.25, 0.3) is 0 Å². The third-order valence-electron chi connectivity index (χ3n) is 1.86. The molecular weight excluding hydrogens is 140 g/mol. The minimum atomic E-state index is -0.0234. The van der Waals surface area contributed by atoms with E-state index in [9.17, 15) is 4.79 Å². The molecule has 1 fully saturated rings. The van der Waals surface area contributed by atoms with E-state index in [2.05, 4.69) is 10.6 Å². The van der Waals surface area contributed by atoms with E-state index in [1.807, 2.05) is 13.8 Å². The molecule has 1 rings (SSSR count). The predicted molar refractivity (Wildman–Crippen MR) is 44.4 cm³/mol. The summed E-state index contributed by atoms with van der Waals surface area (Å²) in [7, 11) is 0. The van der Waals surface area contributed by atoms with Gasteiger partial charge in [-0.25, -0.2) is 4.79 Å². The van der Waals surface area contributed by atoms with E-state index in [0.717, 1.165) is 12.8 Å². The van der Waals surface area contributed by atoms with Crippen molar-refractivity contribution >= 4 is 6.03 Å². The number of carbonyl (C=O) groups is 1. The van der Waals surface area contributed by atoms with Gasteiger partial charge < -0.3 is 10.6 Å². The Balaban J connectivity index is 2.09. The summed E-state index contributed by atoms with van der Waals surface area (Å²) in [6.45, 7) is 3.92. The van der Waals surface area contributed by atoms with E-state index >= 15 is 0 Å². The first-order valence-corrected chi connectivity index (χ1v) is 4.25. The Morgan fingerprint density at radius 1 is 1.45 bits per heavy atom. The Bertz CT molecular complexity index is 141. The molecule has 11 heavy (non-hydrogen) atoms. The van der Waals surface area contributed by atoms with Gasteiger partial charge in [0.15, 0.2) is 0 Å². The van der Waals surface area contributed by atoms with Crippen LogP contribution < -0.4 is 10.6 Å².